The van der Waals surface area contributed by atoms with Crippen LogP contribution in [-0.4, -0.2) is 4.98 Å². The number of hydrogen-bond donors (Lipinski definition) is 0. The Morgan fingerprint density at radius 3 is 2.44 bits per heavy atom. The number of hydrogen-bond acceptors (Lipinski definition) is 1. The molecule has 0 spiro atoms. The summed E-state index contributed by atoms with van der Waals surface area (Å²) >= 11 is 0. The normalized spacial score (nSPS) is 10.4. The molecule has 16 heavy (non-hydrogen) atoms. The fraction of sp³-hybridized carbons (Fsp3) is 0.267. The molecule has 1 nitrogen and oxygen atoms in total. The van der Waals surface area contributed by atoms with Crippen molar-refractivity contribution in [3.63, 3.8) is 0 Å². The molecule has 0 saturated carbocycles. The number of aryl methyl sites for hydroxylation is 4. The molecule has 2 aromatic rings. The lowest BCUT2D eigenvalue weighted by molar-refractivity contribution is 0.896. The van der Waals surface area contributed by atoms with Crippen LogP contribution >= 0.6 is 0 Å². The van der Waals surface area contributed by atoms with Gasteiger partial charge in [0.2, 0.25) is 0 Å². The van der Waals surface area contributed by atoms with Crippen molar-refractivity contribution in [2.75, 3.05) is 0 Å². The zero-order valence-corrected chi connectivity index (χ0v) is 9.90. The van der Waals surface area contributed by atoms with Crippen LogP contribution in [0.1, 0.15) is 22.5 Å². The molecular weight excluding hydrogens is 194 g/mol. The first-order valence-electron chi connectivity index (χ1n) is 5.73. The van der Waals surface area contributed by atoms with Crippen LogP contribution in [0.15, 0.2) is 42.5 Å². The topological polar surface area (TPSA) is 12.9 Å². The molecule has 0 N–H and O–H groups in total. The van der Waals surface area contributed by atoms with Crippen LogP contribution in [-0.2, 0) is 12.8 Å². The summed E-state index contributed by atoms with van der Waals surface area (Å²) in [6.07, 6.45) is 2.09. The minimum atomic E-state index is 1.02. The Morgan fingerprint density at radius 2 is 1.69 bits per heavy atom. The molecule has 0 aliphatic heterocycles. The molecular formula is C15H17N. The van der Waals surface area contributed by atoms with E-state index in [2.05, 4.69) is 48.3 Å². The van der Waals surface area contributed by atoms with Gasteiger partial charge in [0.15, 0.2) is 0 Å². The zero-order chi connectivity index (χ0) is 11.4. The van der Waals surface area contributed by atoms with E-state index in [1.54, 1.807) is 0 Å². The van der Waals surface area contributed by atoms with Crippen LogP contribution in [0.3, 0.4) is 0 Å². The quantitative estimate of drug-likeness (QED) is 0.757. The number of rotatable bonds is 3. The average molecular weight is 211 g/mol. The van der Waals surface area contributed by atoms with Crippen LogP contribution in [0.4, 0.5) is 0 Å². The van der Waals surface area contributed by atoms with Gasteiger partial charge in [-0.1, -0.05) is 30.3 Å². The molecule has 0 atom stereocenters. The fourth-order valence-corrected chi connectivity index (χ4v) is 1.89. The summed E-state index contributed by atoms with van der Waals surface area (Å²) in [7, 11) is 0. The lowest BCUT2D eigenvalue weighted by Crippen LogP contribution is -1.97. The third-order valence-electron chi connectivity index (χ3n) is 2.86. The number of nitrogens with zero attached hydrogens (tertiary/aromatic N) is 1. The number of aromatic nitrogens is 1. The molecule has 1 aromatic heterocycles. The maximum absolute atomic E-state index is 4.52. The van der Waals surface area contributed by atoms with E-state index in [0.29, 0.717) is 0 Å². The van der Waals surface area contributed by atoms with E-state index < -0.39 is 0 Å². The zero-order valence-electron chi connectivity index (χ0n) is 9.90. The van der Waals surface area contributed by atoms with E-state index in [1.807, 2.05) is 13.0 Å². The summed E-state index contributed by atoms with van der Waals surface area (Å²) in [5.41, 5.74) is 5.08. The number of benzene rings is 1. The second-order valence-corrected chi connectivity index (χ2v) is 4.20. The molecule has 82 valence electrons. The first kappa shape index (κ1) is 10.9. The van der Waals surface area contributed by atoms with Crippen LogP contribution in [0.25, 0.3) is 0 Å². The van der Waals surface area contributed by atoms with E-state index in [-0.39, 0.29) is 0 Å². The smallest absolute Gasteiger partial charge is 0.0410 e. The molecule has 0 saturated heterocycles. The van der Waals surface area contributed by atoms with E-state index in [4.69, 9.17) is 0 Å². The Kier molecular flexibility index (Phi) is 3.35. The van der Waals surface area contributed by atoms with Crippen molar-refractivity contribution in [1.29, 1.82) is 0 Å². The van der Waals surface area contributed by atoms with Crippen molar-refractivity contribution in [3.05, 3.63) is 65.0 Å². The highest BCUT2D eigenvalue weighted by molar-refractivity contribution is 5.26. The van der Waals surface area contributed by atoms with Crippen molar-refractivity contribution in [1.82, 2.24) is 4.98 Å². The summed E-state index contributed by atoms with van der Waals surface area (Å²) in [5, 5.41) is 0. The molecule has 0 amide bonds. The van der Waals surface area contributed by atoms with Gasteiger partial charge in [0, 0.05) is 11.4 Å². The molecule has 0 bridgehead atoms. The number of pyridine rings is 1. The summed E-state index contributed by atoms with van der Waals surface area (Å²) < 4.78 is 0. The van der Waals surface area contributed by atoms with Crippen molar-refractivity contribution in [2.45, 2.75) is 26.7 Å². The summed E-state index contributed by atoms with van der Waals surface area (Å²) in [4.78, 5) is 4.52. The minimum Gasteiger partial charge on any atom is -0.258 e. The largest absolute Gasteiger partial charge is 0.258 e. The van der Waals surface area contributed by atoms with E-state index in [0.717, 1.165) is 18.5 Å². The van der Waals surface area contributed by atoms with Gasteiger partial charge in [0.05, 0.1) is 0 Å². The maximum atomic E-state index is 4.52. The Bertz CT molecular complexity index is 474. The Balaban J connectivity index is 2.05. The Morgan fingerprint density at radius 1 is 0.875 bits per heavy atom. The average Bonchev–Trinajstić information content (AvgIpc) is 2.28. The molecule has 1 heteroatoms. The molecule has 1 aromatic carbocycles. The maximum Gasteiger partial charge on any atom is 0.0410 e. The van der Waals surface area contributed by atoms with E-state index in [9.17, 15) is 0 Å². The van der Waals surface area contributed by atoms with Crippen molar-refractivity contribution < 1.29 is 0 Å². The third-order valence-corrected chi connectivity index (χ3v) is 2.86. The highest BCUT2D eigenvalue weighted by atomic mass is 14.7. The molecule has 0 radical (unpaired) electrons. The lowest BCUT2D eigenvalue weighted by Gasteiger charge is -2.05. The minimum absolute atomic E-state index is 1.02. The van der Waals surface area contributed by atoms with Gasteiger partial charge in [-0.05, 0) is 49.9 Å². The van der Waals surface area contributed by atoms with Crippen LogP contribution in [0.5, 0.6) is 0 Å². The van der Waals surface area contributed by atoms with Crippen LogP contribution < -0.4 is 0 Å². The van der Waals surface area contributed by atoms with Gasteiger partial charge in [-0.15, -0.1) is 0 Å². The van der Waals surface area contributed by atoms with Gasteiger partial charge < -0.3 is 0 Å². The molecule has 0 unspecified atom stereocenters. The third kappa shape index (κ3) is 2.69. The first-order valence-corrected chi connectivity index (χ1v) is 5.73. The SMILES string of the molecule is Cc1cccc(CCc2ccccc2C)n1. The Labute approximate surface area is 97.2 Å². The first-order chi connectivity index (χ1) is 7.75. The second kappa shape index (κ2) is 4.93. The summed E-state index contributed by atoms with van der Waals surface area (Å²) in [6.45, 7) is 4.20. The van der Waals surface area contributed by atoms with Gasteiger partial charge in [-0.3, -0.25) is 4.98 Å². The van der Waals surface area contributed by atoms with Gasteiger partial charge in [0.1, 0.15) is 0 Å². The summed E-state index contributed by atoms with van der Waals surface area (Å²) in [6, 6.07) is 14.8. The van der Waals surface area contributed by atoms with Crippen molar-refractivity contribution in [2.24, 2.45) is 0 Å². The fourth-order valence-electron chi connectivity index (χ4n) is 1.89. The molecule has 0 aliphatic rings. The van der Waals surface area contributed by atoms with Crippen molar-refractivity contribution >= 4 is 0 Å². The highest BCUT2D eigenvalue weighted by Gasteiger charge is 1.99. The van der Waals surface area contributed by atoms with Crippen LogP contribution in [0, 0.1) is 13.8 Å². The predicted octanol–water partition coefficient (Wildman–Crippen LogP) is 3.48. The van der Waals surface area contributed by atoms with Gasteiger partial charge in [0.25, 0.3) is 0 Å². The van der Waals surface area contributed by atoms with Gasteiger partial charge >= 0.3 is 0 Å². The van der Waals surface area contributed by atoms with Gasteiger partial charge in [-0.25, -0.2) is 0 Å². The second-order valence-electron chi connectivity index (χ2n) is 4.20. The molecule has 2 rings (SSSR count). The summed E-state index contributed by atoms with van der Waals surface area (Å²) in [5.74, 6) is 0. The predicted molar refractivity (Wildman–Crippen MR) is 67.6 cm³/mol. The van der Waals surface area contributed by atoms with Crippen LogP contribution in [0.2, 0.25) is 0 Å². The van der Waals surface area contributed by atoms with Crippen molar-refractivity contribution in [3.8, 4) is 0 Å². The van der Waals surface area contributed by atoms with E-state index in [1.165, 1.54) is 16.8 Å². The Hall–Kier alpha value is -1.63. The molecule has 0 fully saturated rings. The monoisotopic (exact) mass is 211 g/mol. The van der Waals surface area contributed by atoms with Gasteiger partial charge in [-0.2, -0.15) is 0 Å². The molecule has 0 aliphatic carbocycles. The highest BCUT2D eigenvalue weighted by Crippen LogP contribution is 2.10. The lowest BCUT2D eigenvalue weighted by atomic mass is 10.0. The van der Waals surface area contributed by atoms with E-state index >= 15 is 0 Å². The molecule has 1 heterocycles. The standard InChI is InChI=1S/C15H17N/c1-12-6-3-4-8-14(12)10-11-15-9-5-7-13(2)16-15/h3-9H,10-11H2,1-2H3.